The molecule has 14 heavy (non-hydrogen) atoms. The van der Waals surface area contributed by atoms with E-state index in [2.05, 4.69) is 15.2 Å². The maximum Gasteiger partial charge on any atom is 0.376 e. The quantitative estimate of drug-likeness (QED) is 0.699. The number of nitrogens with zero attached hydrogens (tertiary/aromatic N) is 1. The van der Waals surface area contributed by atoms with Crippen molar-refractivity contribution in [1.29, 1.82) is 0 Å². The van der Waals surface area contributed by atoms with Crippen molar-refractivity contribution in [2.75, 3.05) is 20.2 Å². The number of carbonyl (C=O) groups is 1. The molecule has 5 heteroatoms. The molecule has 1 atom stereocenters. The first-order chi connectivity index (χ1) is 6.81. The highest BCUT2D eigenvalue weighted by molar-refractivity contribution is 5.86. The Morgan fingerprint density at radius 3 is 3.29 bits per heavy atom. The Balaban J connectivity index is 2.12. The Morgan fingerprint density at radius 2 is 2.64 bits per heavy atom. The maximum absolute atomic E-state index is 11.1. The Labute approximate surface area is 81.4 Å². The van der Waals surface area contributed by atoms with Crippen LogP contribution in [0.2, 0.25) is 0 Å². The van der Waals surface area contributed by atoms with Crippen molar-refractivity contribution >= 4 is 5.97 Å². The number of ether oxygens (including phenoxy) is 1. The predicted molar refractivity (Wildman–Crippen MR) is 48.1 cm³/mol. The van der Waals surface area contributed by atoms with E-state index in [1.54, 1.807) is 6.07 Å². The van der Waals surface area contributed by atoms with Crippen molar-refractivity contribution in [1.82, 2.24) is 10.5 Å². The van der Waals surface area contributed by atoms with Gasteiger partial charge in [0.25, 0.3) is 0 Å². The van der Waals surface area contributed by atoms with Crippen LogP contribution in [0, 0.1) is 0 Å². The molecule has 0 amide bonds. The summed E-state index contributed by atoms with van der Waals surface area (Å²) in [6.07, 6.45) is 1.03. The van der Waals surface area contributed by atoms with E-state index < -0.39 is 5.97 Å². The lowest BCUT2D eigenvalue weighted by Crippen LogP contribution is -2.08. The fourth-order valence-electron chi connectivity index (χ4n) is 1.59. The zero-order chi connectivity index (χ0) is 9.97. The van der Waals surface area contributed by atoms with Crippen molar-refractivity contribution in [3.63, 3.8) is 0 Å². The van der Waals surface area contributed by atoms with Crippen molar-refractivity contribution in [3.8, 4) is 0 Å². The molecule has 1 aliphatic rings. The van der Waals surface area contributed by atoms with Gasteiger partial charge in [0.2, 0.25) is 5.76 Å². The number of methoxy groups -OCH3 is 1. The van der Waals surface area contributed by atoms with Crippen molar-refractivity contribution in [2.24, 2.45) is 0 Å². The molecule has 76 valence electrons. The van der Waals surface area contributed by atoms with Gasteiger partial charge < -0.3 is 14.6 Å². The SMILES string of the molecule is COC(=O)c1cc(C2CCNC2)no1. The summed E-state index contributed by atoms with van der Waals surface area (Å²) in [4.78, 5) is 11.1. The van der Waals surface area contributed by atoms with Crippen LogP contribution in [0.1, 0.15) is 28.6 Å². The van der Waals surface area contributed by atoms with Gasteiger partial charge in [-0.15, -0.1) is 0 Å². The zero-order valence-corrected chi connectivity index (χ0v) is 7.95. The smallest absolute Gasteiger partial charge is 0.376 e. The van der Waals surface area contributed by atoms with Crippen LogP contribution < -0.4 is 5.32 Å². The van der Waals surface area contributed by atoms with E-state index in [4.69, 9.17) is 4.52 Å². The Bertz CT molecular complexity index is 329. The zero-order valence-electron chi connectivity index (χ0n) is 7.95. The van der Waals surface area contributed by atoms with E-state index in [-0.39, 0.29) is 5.76 Å². The summed E-state index contributed by atoms with van der Waals surface area (Å²) in [5, 5.41) is 7.08. The second kappa shape index (κ2) is 3.79. The number of carbonyl (C=O) groups excluding carboxylic acids is 1. The van der Waals surface area contributed by atoms with Crippen molar-refractivity contribution in [3.05, 3.63) is 17.5 Å². The second-order valence-corrected chi connectivity index (χ2v) is 3.30. The molecule has 1 fully saturated rings. The predicted octanol–water partition coefficient (Wildman–Crippen LogP) is 0.538. The summed E-state index contributed by atoms with van der Waals surface area (Å²) in [6, 6.07) is 1.66. The first-order valence-electron chi connectivity index (χ1n) is 4.57. The molecule has 0 bridgehead atoms. The average molecular weight is 196 g/mol. The van der Waals surface area contributed by atoms with E-state index in [1.807, 2.05) is 0 Å². The maximum atomic E-state index is 11.1. The molecule has 0 aromatic carbocycles. The van der Waals surface area contributed by atoms with Crippen molar-refractivity contribution < 1.29 is 14.1 Å². The molecule has 2 heterocycles. The molecular weight excluding hydrogens is 184 g/mol. The van der Waals surface area contributed by atoms with Gasteiger partial charge in [-0.2, -0.15) is 0 Å². The summed E-state index contributed by atoms with van der Waals surface area (Å²) in [5.74, 6) is 0.0567. The van der Waals surface area contributed by atoms with Crippen LogP contribution >= 0.6 is 0 Å². The van der Waals surface area contributed by atoms with Gasteiger partial charge in [0.1, 0.15) is 0 Å². The summed E-state index contributed by atoms with van der Waals surface area (Å²) in [6.45, 7) is 1.89. The van der Waals surface area contributed by atoms with E-state index in [9.17, 15) is 4.79 Å². The van der Waals surface area contributed by atoms with E-state index in [0.717, 1.165) is 25.2 Å². The number of rotatable bonds is 2. The Kier molecular flexibility index (Phi) is 2.49. The third-order valence-corrected chi connectivity index (χ3v) is 2.39. The van der Waals surface area contributed by atoms with Gasteiger partial charge in [0.05, 0.1) is 12.8 Å². The summed E-state index contributed by atoms with van der Waals surface area (Å²) in [5.41, 5.74) is 0.829. The third kappa shape index (κ3) is 1.63. The molecule has 0 aliphatic carbocycles. The minimum Gasteiger partial charge on any atom is -0.463 e. The molecule has 2 rings (SSSR count). The van der Waals surface area contributed by atoms with Gasteiger partial charge in [0, 0.05) is 18.5 Å². The van der Waals surface area contributed by atoms with E-state index in [1.165, 1.54) is 7.11 Å². The van der Waals surface area contributed by atoms with Crippen LogP contribution in [0.15, 0.2) is 10.6 Å². The monoisotopic (exact) mass is 196 g/mol. The fraction of sp³-hybridized carbons (Fsp3) is 0.556. The van der Waals surface area contributed by atoms with Gasteiger partial charge in [-0.3, -0.25) is 0 Å². The van der Waals surface area contributed by atoms with E-state index in [0.29, 0.717) is 5.92 Å². The summed E-state index contributed by atoms with van der Waals surface area (Å²) < 4.78 is 9.40. The van der Waals surface area contributed by atoms with Gasteiger partial charge in [0.15, 0.2) is 0 Å². The third-order valence-electron chi connectivity index (χ3n) is 2.39. The van der Waals surface area contributed by atoms with Crippen LogP contribution in [0.25, 0.3) is 0 Å². The highest BCUT2D eigenvalue weighted by Crippen LogP contribution is 2.21. The van der Waals surface area contributed by atoms with Gasteiger partial charge in [-0.05, 0) is 13.0 Å². The van der Waals surface area contributed by atoms with Crippen LogP contribution in [-0.4, -0.2) is 31.3 Å². The molecule has 1 unspecified atom stereocenters. The topological polar surface area (TPSA) is 64.4 Å². The molecule has 1 aromatic rings. The molecule has 1 saturated heterocycles. The molecule has 1 aromatic heterocycles. The summed E-state index contributed by atoms with van der Waals surface area (Å²) in [7, 11) is 1.32. The minimum atomic E-state index is -0.477. The fourth-order valence-corrected chi connectivity index (χ4v) is 1.59. The number of nitrogens with one attached hydrogen (secondary N) is 1. The minimum absolute atomic E-state index is 0.175. The molecule has 0 spiro atoms. The number of aromatic nitrogens is 1. The molecule has 0 saturated carbocycles. The van der Waals surface area contributed by atoms with Crippen molar-refractivity contribution in [2.45, 2.75) is 12.3 Å². The highest BCUT2D eigenvalue weighted by atomic mass is 16.5. The first kappa shape index (κ1) is 9.21. The molecular formula is C9H12N2O3. The second-order valence-electron chi connectivity index (χ2n) is 3.30. The van der Waals surface area contributed by atoms with Crippen LogP contribution in [-0.2, 0) is 4.74 Å². The molecule has 0 radical (unpaired) electrons. The van der Waals surface area contributed by atoms with Crippen LogP contribution in [0.5, 0.6) is 0 Å². The van der Waals surface area contributed by atoms with E-state index >= 15 is 0 Å². The number of hydrogen-bond donors (Lipinski definition) is 1. The molecule has 5 nitrogen and oxygen atoms in total. The van der Waals surface area contributed by atoms with Crippen LogP contribution in [0.4, 0.5) is 0 Å². The van der Waals surface area contributed by atoms with Crippen LogP contribution in [0.3, 0.4) is 0 Å². The number of hydrogen-bond acceptors (Lipinski definition) is 5. The van der Waals surface area contributed by atoms with Gasteiger partial charge in [-0.25, -0.2) is 4.79 Å². The highest BCUT2D eigenvalue weighted by Gasteiger charge is 2.22. The standard InChI is InChI=1S/C9H12N2O3/c1-13-9(12)8-4-7(11-14-8)6-2-3-10-5-6/h4,6,10H,2-3,5H2,1H3. The largest absolute Gasteiger partial charge is 0.463 e. The lowest BCUT2D eigenvalue weighted by atomic mass is 10.1. The van der Waals surface area contributed by atoms with Gasteiger partial charge >= 0.3 is 5.97 Å². The lowest BCUT2D eigenvalue weighted by molar-refractivity contribution is 0.0554. The van der Waals surface area contributed by atoms with Gasteiger partial charge in [-0.1, -0.05) is 5.16 Å². The normalized spacial score (nSPS) is 21.1. The Hall–Kier alpha value is -1.36. The lowest BCUT2D eigenvalue weighted by Gasteiger charge is -1.99. The molecule has 1 N–H and O–H groups in total. The summed E-state index contributed by atoms with van der Waals surface area (Å²) >= 11 is 0. The average Bonchev–Trinajstić information content (AvgIpc) is 2.86. The number of esters is 1. The Morgan fingerprint density at radius 1 is 1.79 bits per heavy atom. The molecule has 1 aliphatic heterocycles. The first-order valence-corrected chi connectivity index (χ1v) is 4.57.